The van der Waals surface area contributed by atoms with Crippen LogP contribution < -0.4 is 16.0 Å². The number of rotatable bonds is 5. The SMILES string of the molecule is CC(C)(C)OC(=O)NCCNC(=O)Nc1ccc(-n2cccn2)nc1. The minimum atomic E-state index is -0.551. The van der Waals surface area contributed by atoms with Crippen molar-refractivity contribution in [2.24, 2.45) is 0 Å². The number of nitrogens with zero attached hydrogens (tertiary/aromatic N) is 3. The highest BCUT2D eigenvalue weighted by Crippen LogP contribution is 2.08. The van der Waals surface area contributed by atoms with Crippen LogP contribution >= 0.6 is 0 Å². The highest BCUT2D eigenvalue weighted by Gasteiger charge is 2.15. The molecular formula is C16H22N6O3. The van der Waals surface area contributed by atoms with Crippen molar-refractivity contribution in [1.82, 2.24) is 25.4 Å². The topological polar surface area (TPSA) is 110 Å². The van der Waals surface area contributed by atoms with Crippen LogP contribution in [0.2, 0.25) is 0 Å². The Morgan fingerprint density at radius 1 is 1.20 bits per heavy atom. The predicted molar refractivity (Wildman–Crippen MR) is 92.6 cm³/mol. The molecule has 134 valence electrons. The maximum atomic E-state index is 11.8. The lowest BCUT2D eigenvalue weighted by Crippen LogP contribution is -2.39. The van der Waals surface area contributed by atoms with Gasteiger partial charge in [-0.3, -0.25) is 0 Å². The van der Waals surface area contributed by atoms with Crippen molar-refractivity contribution < 1.29 is 14.3 Å². The molecule has 0 saturated carbocycles. The normalized spacial score (nSPS) is 10.8. The van der Waals surface area contributed by atoms with Gasteiger partial charge in [0.2, 0.25) is 0 Å². The van der Waals surface area contributed by atoms with Gasteiger partial charge in [0.05, 0.1) is 11.9 Å². The van der Waals surface area contributed by atoms with E-state index in [4.69, 9.17) is 4.74 Å². The standard InChI is InChI=1S/C16H22N6O3/c1-16(2,3)25-15(24)18-9-8-17-14(23)21-12-5-6-13(19-11-12)22-10-4-7-20-22/h4-7,10-11H,8-9H2,1-3H3,(H,18,24)(H2,17,21,23). The lowest BCUT2D eigenvalue weighted by atomic mass is 10.2. The summed E-state index contributed by atoms with van der Waals surface area (Å²) in [5.41, 5.74) is -0.00182. The first kappa shape index (κ1) is 18.2. The summed E-state index contributed by atoms with van der Waals surface area (Å²) < 4.78 is 6.71. The molecule has 2 aromatic heterocycles. The van der Waals surface area contributed by atoms with Crippen LogP contribution in [0, 0.1) is 0 Å². The molecule has 2 rings (SSSR count). The van der Waals surface area contributed by atoms with Crippen molar-refractivity contribution in [1.29, 1.82) is 0 Å². The van der Waals surface area contributed by atoms with E-state index in [1.165, 1.54) is 6.20 Å². The predicted octanol–water partition coefficient (Wildman–Crippen LogP) is 1.91. The second-order valence-corrected chi connectivity index (χ2v) is 6.17. The Balaban J connectivity index is 1.69. The number of aromatic nitrogens is 3. The Kier molecular flexibility index (Phi) is 5.93. The van der Waals surface area contributed by atoms with Crippen LogP contribution in [0.3, 0.4) is 0 Å². The van der Waals surface area contributed by atoms with E-state index in [0.29, 0.717) is 11.5 Å². The number of amides is 3. The van der Waals surface area contributed by atoms with E-state index >= 15 is 0 Å². The summed E-state index contributed by atoms with van der Waals surface area (Å²) in [7, 11) is 0. The third-order valence-electron chi connectivity index (χ3n) is 2.82. The Morgan fingerprint density at radius 3 is 2.56 bits per heavy atom. The fraction of sp³-hybridized carbons (Fsp3) is 0.375. The number of pyridine rings is 1. The third-order valence-corrected chi connectivity index (χ3v) is 2.82. The number of anilines is 1. The monoisotopic (exact) mass is 346 g/mol. The molecule has 0 fully saturated rings. The van der Waals surface area contributed by atoms with Crippen LogP contribution in [0.1, 0.15) is 20.8 Å². The molecule has 2 heterocycles. The second-order valence-electron chi connectivity index (χ2n) is 6.17. The molecule has 0 aliphatic rings. The number of urea groups is 1. The first-order chi connectivity index (χ1) is 11.8. The average Bonchev–Trinajstić information content (AvgIpc) is 3.05. The van der Waals surface area contributed by atoms with Gasteiger partial charge >= 0.3 is 12.1 Å². The summed E-state index contributed by atoms with van der Waals surface area (Å²) in [5.74, 6) is 0.650. The van der Waals surface area contributed by atoms with Crippen LogP contribution in [-0.2, 0) is 4.74 Å². The number of carbonyl (C=O) groups is 2. The van der Waals surface area contributed by atoms with Crippen LogP contribution in [0.4, 0.5) is 15.3 Å². The number of ether oxygens (including phenoxy) is 1. The highest BCUT2D eigenvalue weighted by molar-refractivity contribution is 5.89. The molecular weight excluding hydrogens is 324 g/mol. The Bertz CT molecular complexity index is 692. The number of nitrogens with one attached hydrogen (secondary N) is 3. The first-order valence-corrected chi connectivity index (χ1v) is 7.81. The Labute approximate surface area is 145 Å². The van der Waals surface area contributed by atoms with Crippen molar-refractivity contribution in [2.75, 3.05) is 18.4 Å². The van der Waals surface area contributed by atoms with Crippen LogP contribution in [0.15, 0.2) is 36.8 Å². The molecule has 3 amide bonds. The van der Waals surface area contributed by atoms with E-state index in [1.54, 1.807) is 56.0 Å². The summed E-state index contributed by atoms with van der Waals surface area (Å²) in [4.78, 5) is 27.4. The zero-order chi connectivity index (χ0) is 18.3. The number of hydrogen-bond donors (Lipinski definition) is 3. The number of hydrogen-bond acceptors (Lipinski definition) is 5. The third kappa shape index (κ3) is 6.50. The lowest BCUT2D eigenvalue weighted by Gasteiger charge is -2.19. The number of alkyl carbamates (subject to hydrolysis) is 1. The molecule has 0 bridgehead atoms. The van der Waals surface area contributed by atoms with E-state index < -0.39 is 11.7 Å². The van der Waals surface area contributed by atoms with Gasteiger partial charge in [0, 0.05) is 25.5 Å². The van der Waals surface area contributed by atoms with E-state index in [0.717, 1.165) is 0 Å². The van der Waals surface area contributed by atoms with Crippen molar-refractivity contribution in [3.05, 3.63) is 36.8 Å². The van der Waals surface area contributed by atoms with E-state index in [1.807, 2.05) is 0 Å². The molecule has 0 spiro atoms. The molecule has 0 unspecified atom stereocenters. The molecule has 25 heavy (non-hydrogen) atoms. The molecule has 0 radical (unpaired) electrons. The van der Waals surface area contributed by atoms with E-state index in [2.05, 4.69) is 26.0 Å². The molecule has 0 atom stereocenters. The maximum Gasteiger partial charge on any atom is 0.407 e. The van der Waals surface area contributed by atoms with Crippen LogP contribution in [0.25, 0.3) is 5.82 Å². The van der Waals surface area contributed by atoms with E-state index in [-0.39, 0.29) is 19.1 Å². The smallest absolute Gasteiger partial charge is 0.407 e. The van der Waals surface area contributed by atoms with Gasteiger partial charge in [0.25, 0.3) is 0 Å². The zero-order valence-corrected chi connectivity index (χ0v) is 14.4. The fourth-order valence-corrected chi connectivity index (χ4v) is 1.83. The Morgan fingerprint density at radius 2 is 1.96 bits per heavy atom. The van der Waals surface area contributed by atoms with Gasteiger partial charge < -0.3 is 20.7 Å². The lowest BCUT2D eigenvalue weighted by molar-refractivity contribution is 0.0528. The summed E-state index contributed by atoms with van der Waals surface area (Å²) in [6.45, 7) is 5.88. The summed E-state index contributed by atoms with van der Waals surface area (Å²) in [6.07, 6.45) is 4.45. The molecule has 0 aliphatic heterocycles. The zero-order valence-electron chi connectivity index (χ0n) is 14.4. The van der Waals surface area contributed by atoms with Crippen molar-refractivity contribution >= 4 is 17.8 Å². The molecule has 0 saturated heterocycles. The van der Waals surface area contributed by atoms with Gasteiger partial charge in [-0.05, 0) is 39.0 Å². The molecule has 2 aromatic rings. The van der Waals surface area contributed by atoms with Crippen LogP contribution in [-0.4, -0.2) is 45.6 Å². The molecule has 9 nitrogen and oxygen atoms in total. The van der Waals surface area contributed by atoms with Gasteiger partial charge in [0.15, 0.2) is 5.82 Å². The van der Waals surface area contributed by atoms with Crippen LogP contribution in [0.5, 0.6) is 0 Å². The molecule has 3 N–H and O–H groups in total. The summed E-state index contributed by atoms with van der Waals surface area (Å²) >= 11 is 0. The van der Waals surface area contributed by atoms with Crippen molar-refractivity contribution in [2.45, 2.75) is 26.4 Å². The van der Waals surface area contributed by atoms with Gasteiger partial charge in [-0.1, -0.05) is 0 Å². The average molecular weight is 346 g/mol. The first-order valence-electron chi connectivity index (χ1n) is 7.81. The van der Waals surface area contributed by atoms with E-state index in [9.17, 15) is 9.59 Å². The minimum absolute atomic E-state index is 0.263. The molecule has 0 aliphatic carbocycles. The summed E-state index contributed by atoms with van der Waals surface area (Å²) in [6, 6.07) is 4.88. The largest absolute Gasteiger partial charge is 0.444 e. The van der Waals surface area contributed by atoms with Gasteiger partial charge in [-0.25, -0.2) is 19.3 Å². The van der Waals surface area contributed by atoms with Gasteiger partial charge in [-0.2, -0.15) is 5.10 Å². The molecule has 0 aromatic carbocycles. The maximum absolute atomic E-state index is 11.8. The van der Waals surface area contributed by atoms with Crippen molar-refractivity contribution in [3.8, 4) is 5.82 Å². The number of carbonyl (C=O) groups excluding carboxylic acids is 2. The quantitative estimate of drug-likeness (QED) is 0.716. The molecule has 9 heteroatoms. The van der Waals surface area contributed by atoms with Gasteiger partial charge in [0.1, 0.15) is 5.60 Å². The fourth-order valence-electron chi connectivity index (χ4n) is 1.83. The highest BCUT2D eigenvalue weighted by atomic mass is 16.6. The van der Waals surface area contributed by atoms with Gasteiger partial charge in [-0.15, -0.1) is 0 Å². The van der Waals surface area contributed by atoms with Crippen molar-refractivity contribution in [3.63, 3.8) is 0 Å². The Hall–Kier alpha value is -3.10. The summed E-state index contributed by atoms with van der Waals surface area (Å²) in [5, 5.41) is 11.9. The second kappa shape index (κ2) is 8.13. The minimum Gasteiger partial charge on any atom is -0.444 e.